The fourth-order valence-electron chi connectivity index (χ4n) is 1.87. The van der Waals surface area contributed by atoms with Crippen LogP contribution in [0.2, 0.25) is 0 Å². The zero-order chi connectivity index (χ0) is 15.4. The number of rotatable bonds is 6. The summed E-state index contributed by atoms with van der Waals surface area (Å²) in [6.45, 7) is 2.33. The van der Waals surface area contributed by atoms with E-state index in [4.69, 9.17) is 9.84 Å². The zero-order valence-electron chi connectivity index (χ0n) is 11.2. The van der Waals surface area contributed by atoms with E-state index in [1.165, 1.54) is 18.2 Å². The molecule has 0 fully saturated rings. The molecule has 21 heavy (non-hydrogen) atoms. The summed E-state index contributed by atoms with van der Waals surface area (Å²) in [6.07, 6.45) is 3.37. The highest BCUT2D eigenvalue weighted by Crippen LogP contribution is 2.30. The molecule has 8 heteroatoms. The van der Waals surface area contributed by atoms with Crippen molar-refractivity contribution in [2.24, 2.45) is 0 Å². The molecule has 1 N–H and O–H groups in total. The van der Waals surface area contributed by atoms with Crippen LogP contribution in [0.15, 0.2) is 30.6 Å². The topological polar surface area (TPSA) is 107 Å². The molecule has 1 heterocycles. The molecule has 0 saturated heterocycles. The van der Waals surface area contributed by atoms with Crippen molar-refractivity contribution in [2.45, 2.75) is 13.5 Å². The van der Waals surface area contributed by atoms with Crippen LogP contribution in [0.4, 0.5) is 5.69 Å². The number of nitro benzene ring substituents is 1. The fourth-order valence-corrected chi connectivity index (χ4v) is 1.87. The summed E-state index contributed by atoms with van der Waals surface area (Å²) in [5, 5.41) is 20.0. The van der Waals surface area contributed by atoms with Crippen molar-refractivity contribution in [3.8, 4) is 5.75 Å². The molecular formula is C13H13N3O5. The molecule has 2 aromatic rings. The minimum absolute atomic E-state index is 0.0995. The van der Waals surface area contributed by atoms with Crippen molar-refractivity contribution in [3.63, 3.8) is 0 Å². The predicted molar refractivity (Wildman–Crippen MR) is 72.5 cm³/mol. The molecular weight excluding hydrogens is 278 g/mol. The Morgan fingerprint density at radius 2 is 2.29 bits per heavy atom. The number of aromatic nitrogens is 2. The quantitative estimate of drug-likeness (QED) is 0.643. The molecule has 0 atom stereocenters. The highest BCUT2D eigenvalue weighted by atomic mass is 16.6. The van der Waals surface area contributed by atoms with Gasteiger partial charge in [-0.05, 0) is 13.0 Å². The van der Waals surface area contributed by atoms with E-state index in [1.54, 1.807) is 17.0 Å². The van der Waals surface area contributed by atoms with Crippen LogP contribution in [0.3, 0.4) is 0 Å². The summed E-state index contributed by atoms with van der Waals surface area (Å²) in [5.74, 6) is -0.722. The van der Waals surface area contributed by atoms with Gasteiger partial charge in [-0.15, -0.1) is 0 Å². The van der Waals surface area contributed by atoms with Gasteiger partial charge < -0.3 is 14.4 Å². The van der Waals surface area contributed by atoms with Crippen LogP contribution in [0.5, 0.6) is 5.75 Å². The van der Waals surface area contributed by atoms with Gasteiger partial charge in [0.25, 0.3) is 0 Å². The summed E-state index contributed by atoms with van der Waals surface area (Å²) in [6, 6.07) is 3.80. The number of carboxylic acid groups (broad SMARTS) is 1. The first-order chi connectivity index (χ1) is 10.0. The largest absolute Gasteiger partial charge is 0.484 e. The number of imidazole rings is 1. The summed E-state index contributed by atoms with van der Waals surface area (Å²) in [7, 11) is 0. The van der Waals surface area contributed by atoms with E-state index >= 15 is 0 Å². The van der Waals surface area contributed by atoms with Crippen LogP contribution in [0.1, 0.15) is 16.2 Å². The maximum absolute atomic E-state index is 11.1. The maximum Gasteiger partial charge on any atom is 0.339 e. The van der Waals surface area contributed by atoms with Crippen LogP contribution in [-0.4, -0.2) is 32.2 Å². The fraction of sp³-hybridized carbons (Fsp3) is 0.231. The van der Waals surface area contributed by atoms with Crippen molar-refractivity contribution in [3.05, 3.63) is 52.1 Å². The molecule has 0 aliphatic rings. The van der Waals surface area contributed by atoms with E-state index in [0.717, 1.165) is 5.82 Å². The first kappa shape index (κ1) is 14.5. The standard InChI is InChI=1S/C13H13N3O5/c1-9-14-5-6-15(9)7-8-21-12-10(13(17)18)3-2-4-11(12)16(19)20/h2-6H,7-8H2,1H3,(H,17,18). The highest BCUT2D eigenvalue weighted by molar-refractivity contribution is 5.92. The van der Waals surface area contributed by atoms with Crippen molar-refractivity contribution >= 4 is 11.7 Å². The molecule has 0 saturated carbocycles. The van der Waals surface area contributed by atoms with Gasteiger partial charge >= 0.3 is 11.7 Å². The molecule has 8 nitrogen and oxygen atoms in total. The molecule has 1 aromatic carbocycles. The molecule has 0 aliphatic heterocycles. The van der Waals surface area contributed by atoms with Gasteiger partial charge in [0.15, 0.2) is 0 Å². The summed E-state index contributed by atoms with van der Waals surface area (Å²) < 4.78 is 7.15. The second-order valence-electron chi connectivity index (χ2n) is 4.23. The van der Waals surface area contributed by atoms with E-state index in [0.29, 0.717) is 6.54 Å². The van der Waals surface area contributed by atoms with E-state index in [9.17, 15) is 14.9 Å². The normalized spacial score (nSPS) is 10.3. The van der Waals surface area contributed by atoms with Gasteiger partial charge in [-0.25, -0.2) is 9.78 Å². The van der Waals surface area contributed by atoms with E-state index in [-0.39, 0.29) is 23.6 Å². The summed E-state index contributed by atoms with van der Waals surface area (Å²) in [5.41, 5.74) is -0.594. The Bertz CT molecular complexity index is 648. The van der Waals surface area contributed by atoms with Gasteiger partial charge in [-0.3, -0.25) is 10.1 Å². The van der Waals surface area contributed by atoms with Gasteiger partial charge in [0.05, 0.1) is 11.5 Å². The Kier molecular flexibility index (Phi) is 4.17. The molecule has 110 valence electrons. The summed E-state index contributed by atoms with van der Waals surface area (Å²) in [4.78, 5) is 25.5. The molecule has 0 bridgehead atoms. The van der Waals surface area contributed by atoms with Gasteiger partial charge in [0.1, 0.15) is 18.0 Å². The number of benzene rings is 1. The van der Waals surface area contributed by atoms with Crippen molar-refractivity contribution in [1.29, 1.82) is 0 Å². The molecule has 2 rings (SSSR count). The number of carboxylic acids is 1. The number of aromatic carboxylic acids is 1. The number of carbonyl (C=O) groups is 1. The SMILES string of the molecule is Cc1nccn1CCOc1c(C(=O)O)cccc1[N+](=O)[O-]. The highest BCUT2D eigenvalue weighted by Gasteiger charge is 2.22. The second-order valence-corrected chi connectivity index (χ2v) is 4.23. The Balaban J connectivity index is 2.19. The third kappa shape index (κ3) is 3.16. The number of para-hydroxylation sites is 1. The second kappa shape index (κ2) is 6.04. The van der Waals surface area contributed by atoms with E-state index < -0.39 is 10.9 Å². The van der Waals surface area contributed by atoms with E-state index in [1.807, 2.05) is 6.92 Å². The minimum atomic E-state index is -1.27. The van der Waals surface area contributed by atoms with E-state index in [2.05, 4.69) is 4.98 Å². The molecule has 0 unspecified atom stereocenters. The van der Waals surface area contributed by atoms with Crippen LogP contribution >= 0.6 is 0 Å². The third-order valence-corrected chi connectivity index (χ3v) is 2.92. The van der Waals surface area contributed by atoms with Crippen molar-refractivity contribution in [1.82, 2.24) is 9.55 Å². The lowest BCUT2D eigenvalue weighted by Gasteiger charge is -2.10. The molecule has 1 aromatic heterocycles. The lowest BCUT2D eigenvalue weighted by Crippen LogP contribution is -2.12. The monoisotopic (exact) mass is 291 g/mol. The minimum Gasteiger partial charge on any atom is -0.484 e. The van der Waals surface area contributed by atoms with Crippen LogP contribution in [0.25, 0.3) is 0 Å². The smallest absolute Gasteiger partial charge is 0.339 e. The van der Waals surface area contributed by atoms with Gasteiger partial charge in [-0.1, -0.05) is 6.07 Å². The zero-order valence-corrected chi connectivity index (χ0v) is 11.2. The Morgan fingerprint density at radius 3 is 2.86 bits per heavy atom. The first-order valence-electron chi connectivity index (χ1n) is 6.12. The van der Waals surface area contributed by atoms with Gasteiger partial charge in [0.2, 0.25) is 5.75 Å². The van der Waals surface area contributed by atoms with Gasteiger partial charge in [0, 0.05) is 18.5 Å². The van der Waals surface area contributed by atoms with Crippen LogP contribution in [-0.2, 0) is 6.54 Å². The summed E-state index contributed by atoms with van der Waals surface area (Å²) >= 11 is 0. The number of nitro groups is 1. The first-order valence-corrected chi connectivity index (χ1v) is 6.12. The number of hydrogen-bond acceptors (Lipinski definition) is 5. The lowest BCUT2D eigenvalue weighted by molar-refractivity contribution is -0.385. The third-order valence-electron chi connectivity index (χ3n) is 2.92. The van der Waals surface area contributed by atoms with Crippen molar-refractivity contribution < 1.29 is 19.6 Å². The lowest BCUT2D eigenvalue weighted by atomic mass is 10.2. The maximum atomic E-state index is 11.1. The Labute approximate surface area is 119 Å². The van der Waals surface area contributed by atoms with Crippen LogP contribution < -0.4 is 4.74 Å². The molecule has 0 amide bonds. The number of hydrogen-bond donors (Lipinski definition) is 1. The average molecular weight is 291 g/mol. The van der Waals surface area contributed by atoms with Crippen molar-refractivity contribution in [2.75, 3.05) is 6.61 Å². The van der Waals surface area contributed by atoms with Gasteiger partial charge in [-0.2, -0.15) is 0 Å². The predicted octanol–water partition coefficient (Wildman–Crippen LogP) is 1.88. The molecule has 0 radical (unpaired) electrons. The number of aryl methyl sites for hydroxylation is 1. The average Bonchev–Trinajstić information content (AvgIpc) is 2.84. The molecule has 0 aliphatic carbocycles. The van der Waals surface area contributed by atoms with Crippen LogP contribution in [0, 0.1) is 17.0 Å². The number of ether oxygens (including phenoxy) is 1. The Hall–Kier alpha value is -2.90. The molecule has 0 spiro atoms. The Morgan fingerprint density at radius 1 is 1.52 bits per heavy atom. The number of nitrogens with zero attached hydrogens (tertiary/aromatic N) is 3.